The van der Waals surface area contributed by atoms with E-state index >= 15 is 0 Å². The Balaban J connectivity index is 0.000000599. The molecular weight excluding hydrogens is 517 g/mol. The van der Waals surface area contributed by atoms with Crippen LogP contribution in [0.1, 0.15) is 74.4 Å². The number of thiazole rings is 1. The first-order valence-electron chi connectivity index (χ1n) is 12.5. The summed E-state index contributed by atoms with van der Waals surface area (Å²) in [7, 11) is 0. The minimum atomic E-state index is -4.70. The fourth-order valence-corrected chi connectivity index (χ4v) is 4.82. The highest BCUT2D eigenvalue weighted by Crippen LogP contribution is 2.36. The molecule has 9 heteroatoms. The fourth-order valence-electron chi connectivity index (χ4n) is 3.99. The van der Waals surface area contributed by atoms with Crippen LogP contribution in [-0.2, 0) is 18.6 Å². The first-order valence-corrected chi connectivity index (χ1v) is 13.3. The van der Waals surface area contributed by atoms with E-state index in [0.717, 1.165) is 38.0 Å². The summed E-state index contributed by atoms with van der Waals surface area (Å²) in [5.74, 6) is -3.43. The second kappa shape index (κ2) is 12.2. The lowest BCUT2D eigenvalue weighted by molar-refractivity contribution is -0.137. The normalized spacial score (nSPS) is 12.6. The second-order valence-corrected chi connectivity index (χ2v) is 10.4. The third-order valence-corrected chi connectivity index (χ3v) is 6.91. The van der Waals surface area contributed by atoms with Gasteiger partial charge in [0.25, 0.3) is 5.92 Å². The van der Waals surface area contributed by atoms with Crippen LogP contribution in [0.4, 0.5) is 22.0 Å². The van der Waals surface area contributed by atoms with Crippen molar-refractivity contribution < 1.29 is 22.0 Å². The van der Waals surface area contributed by atoms with Crippen molar-refractivity contribution >= 4 is 34.9 Å². The number of unbranched alkanes of at least 4 members (excludes halogenated alkanes) is 3. The molecule has 0 atom stereocenters. The van der Waals surface area contributed by atoms with Crippen molar-refractivity contribution in [1.82, 2.24) is 14.8 Å². The first-order chi connectivity index (χ1) is 17.8. The largest absolute Gasteiger partial charge is 0.416 e. The molecule has 38 heavy (non-hydrogen) atoms. The molecular formula is C29H32F5N3S. The lowest BCUT2D eigenvalue weighted by atomic mass is 9.99. The third kappa shape index (κ3) is 7.72. The lowest BCUT2D eigenvalue weighted by Gasteiger charge is -2.18. The van der Waals surface area contributed by atoms with Gasteiger partial charge in [0, 0.05) is 24.1 Å². The highest BCUT2D eigenvalue weighted by molar-refractivity contribution is 7.07. The van der Waals surface area contributed by atoms with Gasteiger partial charge >= 0.3 is 6.18 Å². The monoisotopic (exact) mass is 549 g/mol. The smallest absolute Gasteiger partial charge is 0.267 e. The van der Waals surface area contributed by atoms with Gasteiger partial charge in [0.15, 0.2) is 0 Å². The minimum Gasteiger partial charge on any atom is -0.267 e. The van der Waals surface area contributed by atoms with Crippen LogP contribution in [0.3, 0.4) is 0 Å². The summed E-state index contributed by atoms with van der Waals surface area (Å²) in [6.07, 6.45) is 4.50. The van der Waals surface area contributed by atoms with Gasteiger partial charge < -0.3 is 0 Å². The van der Waals surface area contributed by atoms with Gasteiger partial charge in [-0.1, -0.05) is 58.2 Å². The summed E-state index contributed by atoms with van der Waals surface area (Å²) >= 11 is 1.48. The molecule has 0 aliphatic rings. The molecule has 0 fully saturated rings. The van der Waals surface area contributed by atoms with Crippen LogP contribution in [-0.4, -0.2) is 14.8 Å². The summed E-state index contributed by atoms with van der Waals surface area (Å²) in [5.41, 5.74) is 0.759. The maximum absolute atomic E-state index is 14.1. The molecule has 0 saturated heterocycles. The van der Waals surface area contributed by atoms with Crippen LogP contribution in [0, 0.1) is 6.92 Å². The molecule has 0 aliphatic carbocycles. The third-order valence-electron chi connectivity index (χ3n) is 5.95. The average Bonchev–Trinajstić information content (AvgIpc) is 3.37. The van der Waals surface area contributed by atoms with E-state index in [1.54, 1.807) is 12.3 Å². The van der Waals surface area contributed by atoms with E-state index in [2.05, 4.69) is 30.5 Å². The molecule has 0 unspecified atom stereocenters. The highest BCUT2D eigenvalue weighted by Gasteiger charge is 2.35. The summed E-state index contributed by atoms with van der Waals surface area (Å²) in [6, 6.07) is 8.01. The van der Waals surface area contributed by atoms with Gasteiger partial charge in [0.1, 0.15) is 4.66 Å². The number of aryl methyl sites for hydroxylation is 1. The van der Waals surface area contributed by atoms with Gasteiger partial charge in [-0.05, 0) is 48.4 Å². The zero-order chi connectivity index (χ0) is 28.1. The molecule has 0 N–H and O–H groups in total. The molecule has 4 rings (SSSR count). The number of aromatic nitrogens is 3. The van der Waals surface area contributed by atoms with Gasteiger partial charge in [-0.3, -0.25) is 4.68 Å². The maximum atomic E-state index is 14.1. The van der Waals surface area contributed by atoms with Gasteiger partial charge in [-0.2, -0.15) is 18.3 Å². The van der Waals surface area contributed by atoms with Crippen molar-refractivity contribution in [3.05, 3.63) is 79.7 Å². The second-order valence-electron chi connectivity index (χ2n) is 9.31. The Kier molecular flexibility index (Phi) is 9.46. The lowest BCUT2D eigenvalue weighted by Crippen LogP contribution is -2.16. The number of halogens is 5. The number of nitrogens with zero attached hydrogens (tertiary/aromatic N) is 3. The minimum absolute atomic E-state index is 0.0772. The Morgan fingerprint density at radius 2 is 1.68 bits per heavy atom. The molecule has 0 radical (unpaired) electrons. The molecule has 0 amide bonds. The van der Waals surface area contributed by atoms with E-state index in [1.807, 2.05) is 25.1 Å². The SMILES string of the molecule is C=c1nc(C)/c(=C/c2ccc3nn(Cc4ccc(C(F)(F)F)cc4C(C)(F)F)cc3c2)s1.CCCCCC. The molecule has 2 aromatic heterocycles. The summed E-state index contributed by atoms with van der Waals surface area (Å²) in [5, 5.41) is 5.17. The van der Waals surface area contributed by atoms with Crippen LogP contribution in [0.2, 0.25) is 0 Å². The molecule has 2 aromatic carbocycles. The molecule has 0 aliphatic heterocycles. The number of hydrogen-bond acceptors (Lipinski definition) is 3. The number of alkyl halides is 5. The number of benzene rings is 2. The van der Waals surface area contributed by atoms with Crippen molar-refractivity contribution in [2.45, 2.75) is 72.0 Å². The Labute approximate surface area is 223 Å². The van der Waals surface area contributed by atoms with Gasteiger partial charge in [-0.15, -0.1) is 11.3 Å². The van der Waals surface area contributed by atoms with E-state index in [1.165, 1.54) is 41.7 Å². The van der Waals surface area contributed by atoms with Crippen molar-refractivity contribution in [3.63, 3.8) is 0 Å². The van der Waals surface area contributed by atoms with Crippen LogP contribution in [0.15, 0.2) is 42.6 Å². The molecule has 204 valence electrons. The molecule has 0 spiro atoms. The topological polar surface area (TPSA) is 30.7 Å². The average molecular weight is 550 g/mol. The molecule has 4 aromatic rings. The van der Waals surface area contributed by atoms with E-state index in [4.69, 9.17) is 0 Å². The zero-order valence-corrected chi connectivity index (χ0v) is 22.8. The predicted molar refractivity (Wildman–Crippen MR) is 145 cm³/mol. The Bertz CT molecular complexity index is 1470. The quantitative estimate of drug-likeness (QED) is 0.174. The summed E-state index contributed by atoms with van der Waals surface area (Å²) in [6.45, 7) is 10.7. The van der Waals surface area contributed by atoms with E-state index in [0.29, 0.717) is 18.5 Å². The Hall–Kier alpha value is -3.07. The van der Waals surface area contributed by atoms with Gasteiger partial charge in [-0.25, -0.2) is 13.8 Å². The van der Waals surface area contributed by atoms with Gasteiger partial charge in [0.2, 0.25) is 0 Å². The van der Waals surface area contributed by atoms with Crippen LogP contribution in [0.5, 0.6) is 0 Å². The van der Waals surface area contributed by atoms with Gasteiger partial charge in [0.05, 0.1) is 27.9 Å². The summed E-state index contributed by atoms with van der Waals surface area (Å²) in [4.78, 5) is 4.30. The number of rotatable bonds is 7. The fraction of sp³-hybridized carbons (Fsp3) is 0.379. The van der Waals surface area contributed by atoms with E-state index in [9.17, 15) is 22.0 Å². The predicted octanol–water partition coefficient (Wildman–Crippen LogP) is 7.81. The molecule has 0 bridgehead atoms. The van der Waals surface area contributed by atoms with Crippen molar-refractivity contribution in [2.24, 2.45) is 0 Å². The van der Waals surface area contributed by atoms with Crippen molar-refractivity contribution in [2.75, 3.05) is 0 Å². The molecule has 2 heterocycles. The van der Waals surface area contributed by atoms with Crippen LogP contribution >= 0.6 is 11.3 Å². The summed E-state index contributed by atoms with van der Waals surface area (Å²) < 4.78 is 70.3. The Morgan fingerprint density at radius 1 is 1.00 bits per heavy atom. The van der Waals surface area contributed by atoms with Crippen LogP contribution in [0.25, 0.3) is 23.6 Å². The van der Waals surface area contributed by atoms with E-state index < -0.39 is 23.2 Å². The maximum Gasteiger partial charge on any atom is 0.416 e. The Morgan fingerprint density at radius 3 is 2.24 bits per heavy atom. The zero-order valence-electron chi connectivity index (χ0n) is 22.0. The van der Waals surface area contributed by atoms with E-state index in [-0.39, 0.29) is 12.1 Å². The number of fused-ring (bicyclic) bond motifs is 1. The molecule has 3 nitrogen and oxygen atoms in total. The highest BCUT2D eigenvalue weighted by atomic mass is 32.1. The van der Waals surface area contributed by atoms with Crippen molar-refractivity contribution in [1.29, 1.82) is 0 Å². The first kappa shape index (κ1) is 29.5. The standard InChI is InChI=1S/C23H18F5N3S.C6H14/c1-13-21(32-14(2)29-13)9-15-4-7-20-17(8-15)12-31(30-20)11-16-5-6-18(23(26,27)28)10-19(16)22(3,24)25;1-3-5-6-4-2/h4-10,12H,2,11H2,1,3H3;3-6H2,1-2H3/b21-9-;. The molecule has 0 saturated carbocycles. The number of hydrogen-bond donors (Lipinski definition) is 0. The van der Waals surface area contributed by atoms with Crippen LogP contribution < -0.4 is 9.20 Å². The van der Waals surface area contributed by atoms with Crippen molar-refractivity contribution in [3.8, 4) is 0 Å².